The third-order valence-electron chi connectivity index (χ3n) is 5.66. The second-order valence-corrected chi connectivity index (χ2v) is 9.27. The van der Waals surface area contributed by atoms with E-state index in [-0.39, 0.29) is 18.7 Å². The van der Waals surface area contributed by atoms with Crippen LogP contribution in [0.3, 0.4) is 0 Å². The third-order valence-corrected chi connectivity index (χ3v) is 6.49. The molecule has 1 aromatic carbocycles. The molecule has 12 heteroatoms. The smallest absolute Gasteiger partial charge is 0.228 e. The number of nitrogens with two attached hydrogens (primary N) is 1. The molecule has 0 radical (unpaired) electrons. The number of halogens is 2. The molecule has 182 valence electrons. The van der Waals surface area contributed by atoms with E-state index in [2.05, 4.69) is 10.1 Å². The summed E-state index contributed by atoms with van der Waals surface area (Å²) >= 11 is 12.8. The molecule has 0 aliphatic carbocycles. The molecule has 34 heavy (non-hydrogen) atoms. The summed E-state index contributed by atoms with van der Waals surface area (Å²) in [6.45, 7) is 3.68. The van der Waals surface area contributed by atoms with Gasteiger partial charge in [0.1, 0.15) is 6.10 Å². The Bertz CT molecular complexity index is 1200. The molecule has 0 bridgehead atoms. The summed E-state index contributed by atoms with van der Waals surface area (Å²) in [6.07, 6.45) is 3.80. The van der Waals surface area contributed by atoms with E-state index < -0.39 is 24.0 Å². The number of pyridine rings is 1. The van der Waals surface area contributed by atoms with Crippen molar-refractivity contribution in [1.29, 1.82) is 0 Å². The predicted molar refractivity (Wildman–Crippen MR) is 126 cm³/mol. The lowest BCUT2D eigenvalue weighted by atomic mass is 10.00. The van der Waals surface area contributed by atoms with Crippen LogP contribution in [0.2, 0.25) is 10.0 Å². The molecule has 3 heterocycles. The molecule has 1 aliphatic rings. The Kier molecular flexibility index (Phi) is 6.51. The molecule has 3 aromatic rings. The van der Waals surface area contributed by atoms with Crippen molar-refractivity contribution in [3.63, 3.8) is 0 Å². The molecule has 0 spiro atoms. The largest absolute Gasteiger partial charge is 0.482 e. The molecular weight excluding hydrogens is 485 g/mol. The van der Waals surface area contributed by atoms with Gasteiger partial charge in [-0.1, -0.05) is 29.3 Å². The van der Waals surface area contributed by atoms with Crippen molar-refractivity contribution in [1.82, 2.24) is 20.1 Å². The maximum absolute atomic E-state index is 9.89. The highest BCUT2D eigenvalue weighted by Gasteiger charge is 2.45. The number of nitrogens with zero attached hydrogens (tertiary/aromatic N) is 3. The van der Waals surface area contributed by atoms with Gasteiger partial charge in [0.25, 0.3) is 0 Å². The normalized spacial score (nSPS) is 18.6. The van der Waals surface area contributed by atoms with Crippen molar-refractivity contribution in [3.05, 3.63) is 58.0 Å². The Morgan fingerprint density at radius 1 is 1.15 bits per heavy atom. The van der Waals surface area contributed by atoms with Gasteiger partial charge in [0.15, 0.2) is 11.6 Å². The number of nitrogen functional groups attached to an aromatic ring is 1. The number of nitrogens with one attached hydrogen (secondary N) is 1. The van der Waals surface area contributed by atoms with Gasteiger partial charge in [-0.2, -0.15) is 5.10 Å². The first-order chi connectivity index (χ1) is 15.8. The number of benzene rings is 1. The van der Waals surface area contributed by atoms with Crippen molar-refractivity contribution in [2.45, 2.75) is 50.7 Å². The fourth-order valence-corrected chi connectivity index (χ4v) is 4.71. The van der Waals surface area contributed by atoms with Crippen molar-refractivity contribution < 1.29 is 25.2 Å². The molecule has 0 amide bonds. The van der Waals surface area contributed by atoms with Crippen LogP contribution < -0.4 is 15.8 Å². The molecule has 1 aliphatic heterocycles. The lowest BCUT2D eigenvalue weighted by Gasteiger charge is -2.40. The van der Waals surface area contributed by atoms with Crippen LogP contribution in [0.25, 0.3) is 11.1 Å². The van der Waals surface area contributed by atoms with Gasteiger partial charge in [-0.05, 0) is 31.5 Å². The van der Waals surface area contributed by atoms with Crippen LogP contribution >= 0.6 is 23.2 Å². The highest BCUT2D eigenvalue weighted by molar-refractivity contribution is 6.36. The number of piperidine rings is 1. The number of anilines is 1. The van der Waals surface area contributed by atoms with Crippen LogP contribution in [-0.4, -0.2) is 47.0 Å². The SMILES string of the molecule is Cc1ccc(Cl)c(C(C)Oc2cc(-c3cnn(C4CC(O)(O)NC(O)(O)C4)c3)cnc2N)c1Cl. The number of ether oxygens (including phenoxy) is 1. The predicted octanol–water partition coefficient (Wildman–Crippen LogP) is 2.48. The molecule has 1 unspecified atom stereocenters. The minimum absolute atomic E-state index is 0.178. The van der Waals surface area contributed by atoms with E-state index in [0.29, 0.717) is 32.5 Å². The summed E-state index contributed by atoms with van der Waals surface area (Å²) in [6, 6.07) is 4.59. The van der Waals surface area contributed by atoms with Gasteiger partial charge in [0, 0.05) is 46.9 Å². The Balaban J connectivity index is 1.59. The van der Waals surface area contributed by atoms with Gasteiger partial charge in [-0.15, -0.1) is 0 Å². The second kappa shape index (κ2) is 8.97. The number of hydrogen-bond acceptors (Lipinski definition) is 9. The van der Waals surface area contributed by atoms with E-state index in [1.165, 1.54) is 4.68 Å². The lowest BCUT2D eigenvalue weighted by Crippen LogP contribution is -2.63. The first-order valence-corrected chi connectivity index (χ1v) is 11.2. The summed E-state index contributed by atoms with van der Waals surface area (Å²) in [5, 5.41) is 46.7. The number of aryl methyl sites for hydroxylation is 1. The van der Waals surface area contributed by atoms with Gasteiger partial charge in [-0.25, -0.2) is 10.3 Å². The van der Waals surface area contributed by atoms with Crippen molar-refractivity contribution >= 4 is 29.0 Å². The van der Waals surface area contributed by atoms with E-state index >= 15 is 0 Å². The van der Waals surface area contributed by atoms with Gasteiger partial charge in [0.2, 0.25) is 11.8 Å². The van der Waals surface area contributed by atoms with Crippen LogP contribution in [0, 0.1) is 6.92 Å². The highest BCUT2D eigenvalue weighted by atomic mass is 35.5. The van der Waals surface area contributed by atoms with Gasteiger partial charge < -0.3 is 30.9 Å². The summed E-state index contributed by atoms with van der Waals surface area (Å²) in [5.74, 6) is -4.42. The number of aromatic nitrogens is 3. The zero-order chi connectivity index (χ0) is 24.8. The molecule has 2 aromatic heterocycles. The molecule has 1 saturated heterocycles. The van der Waals surface area contributed by atoms with Crippen LogP contribution in [-0.2, 0) is 0 Å². The number of aliphatic hydroxyl groups is 4. The van der Waals surface area contributed by atoms with Crippen molar-refractivity contribution in [3.8, 4) is 16.9 Å². The zero-order valence-corrected chi connectivity index (χ0v) is 19.9. The monoisotopic (exact) mass is 509 g/mol. The first-order valence-electron chi connectivity index (χ1n) is 10.5. The topological polar surface area (TPSA) is 159 Å². The minimum Gasteiger partial charge on any atom is -0.482 e. The minimum atomic E-state index is -2.46. The quantitative estimate of drug-likeness (QED) is 0.284. The van der Waals surface area contributed by atoms with E-state index in [1.807, 2.05) is 18.3 Å². The summed E-state index contributed by atoms with van der Waals surface area (Å²) in [5.41, 5.74) is 8.82. The van der Waals surface area contributed by atoms with Crippen molar-refractivity contribution in [2.75, 3.05) is 5.73 Å². The first kappa shape index (κ1) is 24.7. The Labute approximate surface area is 205 Å². The second-order valence-electron chi connectivity index (χ2n) is 8.49. The molecular formula is C22H25Cl2N5O5. The van der Waals surface area contributed by atoms with E-state index in [1.54, 1.807) is 37.6 Å². The maximum Gasteiger partial charge on any atom is 0.228 e. The Hall–Kier alpha value is -2.44. The Morgan fingerprint density at radius 2 is 1.82 bits per heavy atom. The lowest BCUT2D eigenvalue weighted by molar-refractivity contribution is -0.318. The van der Waals surface area contributed by atoms with Crippen LogP contribution in [0.15, 0.2) is 36.8 Å². The van der Waals surface area contributed by atoms with Crippen LogP contribution in [0.5, 0.6) is 5.75 Å². The van der Waals surface area contributed by atoms with Crippen LogP contribution in [0.1, 0.15) is 43.0 Å². The molecule has 7 N–H and O–H groups in total. The summed E-state index contributed by atoms with van der Waals surface area (Å²) in [7, 11) is 0. The fourth-order valence-electron chi connectivity index (χ4n) is 4.03. The van der Waals surface area contributed by atoms with E-state index in [9.17, 15) is 20.4 Å². The number of rotatable bonds is 5. The van der Waals surface area contributed by atoms with Crippen LogP contribution in [0.4, 0.5) is 5.82 Å². The average Bonchev–Trinajstić information content (AvgIpc) is 3.21. The van der Waals surface area contributed by atoms with Gasteiger partial charge in [0.05, 0.1) is 17.3 Å². The molecule has 0 saturated carbocycles. The molecule has 1 fully saturated rings. The fraction of sp³-hybridized carbons (Fsp3) is 0.364. The van der Waals surface area contributed by atoms with E-state index in [0.717, 1.165) is 5.56 Å². The van der Waals surface area contributed by atoms with Gasteiger partial charge in [-0.3, -0.25) is 4.68 Å². The zero-order valence-electron chi connectivity index (χ0n) is 18.4. The maximum atomic E-state index is 9.89. The highest BCUT2D eigenvalue weighted by Crippen LogP contribution is 2.38. The van der Waals surface area contributed by atoms with Crippen molar-refractivity contribution in [2.24, 2.45) is 0 Å². The Morgan fingerprint density at radius 3 is 2.50 bits per heavy atom. The van der Waals surface area contributed by atoms with Gasteiger partial charge >= 0.3 is 0 Å². The molecule has 10 nitrogen and oxygen atoms in total. The number of hydrogen-bond donors (Lipinski definition) is 6. The van der Waals surface area contributed by atoms with E-state index in [4.69, 9.17) is 33.7 Å². The average molecular weight is 510 g/mol. The molecule has 1 atom stereocenters. The summed E-state index contributed by atoms with van der Waals surface area (Å²) in [4.78, 5) is 4.21. The third kappa shape index (κ3) is 5.13. The standard InChI is InChI=1S/C22H25Cl2N5O5/c1-11-3-4-16(23)18(19(11)24)12(2)34-17-5-13(8-26-20(17)25)14-9-27-29(10-14)15-6-21(30,31)28-22(32,33)7-15/h3-5,8-10,12,15,28,30-33H,6-7H2,1-2H3,(H2,25,26). The summed E-state index contributed by atoms with van der Waals surface area (Å²) < 4.78 is 7.50. The molecule has 4 rings (SSSR count).